The van der Waals surface area contributed by atoms with Crippen molar-refractivity contribution >= 4 is 6.29 Å². The minimum Gasteiger partial charge on any atom is -0.361 e. The lowest BCUT2D eigenvalue weighted by molar-refractivity contribution is 0.112. The predicted molar refractivity (Wildman–Crippen MR) is 74.4 cm³/mol. The number of nitrogens with one attached hydrogen (secondary N) is 1. The van der Waals surface area contributed by atoms with Gasteiger partial charge in [0.25, 0.3) is 5.89 Å². The summed E-state index contributed by atoms with van der Waals surface area (Å²) >= 11 is 0. The number of benzene rings is 1. The molecule has 0 unspecified atom stereocenters. The first kappa shape index (κ1) is 12.3. The van der Waals surface area contributed by atoms with Gasteiger partial charge in [0.1, 0.15) is 0 Å². The van der Waals surface area contributed by atoms with Gasteiger partial charge in [-0.3, -0.25) is 4.79 Å². The van der Waals surface area contributed by atoms with Crippen molar-refractivity contribution < 1.29 is 9.32 Å². The third-order valence-corrected chi connectivity index (χ3v) is 3.21. The molecule has 5 nitrogen and oxygen atoms in total. The van der Waals surface area contributed by atoms with Crippen molar-refractivity contribution in [2.45, 2.75) is 13.8 Å². The van der Waals surface area contributed by atoms with Gasteiger partial charge in [0.15, 0.2) is 6.29 Å². The standard InChI is InChI=1S/C15H13N3O2/c1-9-12(8-19)13(10(2)16-9)15-17-14(18-20-15)11-6-4-3-5-7-11/h3-8,16H,1-2H3. The number of H-pyrrole nitrogens is 1. The van der Waals surface area contributed by atoms with Gasteiger partial charge < -0.3 is 9.51 Å². The Hall–Kier alpha value is -2.69. The van der Waals surface area contributed by atoms with Crippen LogP contribution in [0.15, 0.2) is 34.9 Å². The number of hydrogen-bond acceptors (Lipinski definition) is 4. The van der Waals surface area contributed by atoms with Gasteiger partial charge >= 0.3 is 0 Å². The quantitative estimate of drug-likeness (QED) is 0.740. The Morgan fingerprint density at radius 3 is 2.60 bits per heavy atom. The fourth-order valence-corrected chi connectivity index (χ4v) is 2.25. The molecule has 3 rings (SSSR count). The second-order valence-corrected chi connectivity index (χ2v) is 4.57. The second kappa shape index (κ2) is 4.77. The first-order chi connectivity index (χ1) is 9.70. The predicted octanol–water partition coefficient (Wildman–Crippen LogP) is 3.16. The van der Waals surface area contributed by atoms with Crippen molar-refractivity contribution in [3.8, 4) is 22.8 Å². The van der Waals surface area contributed by atoms with Crippen LogP contribution in [0.3, 0.4) is 0 Å². The number of carbonyl (C=O) groups is 1. The number of rotatable bonds is 3. The lowest BCUT2D eigenvalue weighted by Gasteiger charge is -1.94. The van der Waals surface area contributed by atoms with E-state index in [2.05, 4.69) is 15.1 Å². The summed E-state index contributed by atoms with van der Waals surface area (Å²) in [5.74, 6) is 0.864. The van der Waals surface area contributed by atoms with Crippen molar-refractivity contribution in [3.63, 3.8) is 0 Å². The van der Waals surface area contributed by atoms with Crippen LogP contribution >= 0.6 is 0 Å². The number of aldehydes is 1. The highest BCUT2D eigenvalue weighted by Gasteiger charge is 2.19. The molecule has 0 radical (unpaired) electrons. The van der Waals surface area contributed by atoms with Crippen LogP contribution in [0, 0.1) is 13.8 Å². The zero-order valence-electron chi connectivity index (χ0n) is 11.2. The van der Waals surface area contributed by atoms with Crippen LogP contribution < -0.4 is 0 Å². The highest BCUT2D eigenvalue weighted by molar-refractivity contribution is 5.88. The van der Waals surface area contributed by atoms with E-state index in [9.17, 15) is 4.79 Å². The average Bonchev–Trinajstić information content (AvgIpc) is 3.03. The van der Waals surface area contributed by atoms with Crippen LogP contribution in [0.2, 0.25) is 0 Å². The van der Waals surface area contributed by atoms with Gasteiger partial charge in [0, 0.05) is 22.5 Å². The number of hydrogen-bond donors (Lipinski definition) is 1. The van der Waals surface area contributed by atoms with Gasteiger partial charge in [-0.25, -0.2) is 0 Å². The van der Waals surface area contributed by atoms with E-state index in [1.54, 1.807) is 0 Å². The number of aromatic nitrogens is 3. The van der Waals surface area contributed by atoms with E-state index in [0.29, 0.717) is 22.8 Å². The van der Waals surface area contributed by atoms with E-state index in [0.717, 1.165) is 23.2 Å². The molecule has 1 N–H and O–H groups in total. The van der Waals surface area contributed by atoms with Crippen LogP contribution in [-0.4, -0.2) is 21.4 Å². The van der Waals surface area contributed by atoms with Crippen LogP contribution in [0.4, 0.5) is 0 Å². The summed E-state index contributed by atoms with van der Waals surface area (Å²) in [7, 11) is 0. The second-order valence-electron chi connectivity index (χ2n) is 4.57. The van der Waals surface area contributed by atoms with E-state index < -0.39 is 0 Å². The number of nitrogens with zero attached hydrogens (tertiary/aromatic N) is 2. The first-order valence-electron chi connectivity index (χ1n) is 6.24. The maximum Gasteiger partial charge on any atom is 0.260 e. The Morgan fingerprint density at radius 1 is 1.15 bits per heavy atom. The molecule has 0 aliphatic rings. The van der Waals surface area contributed by atoms with Crippen LogP contribution in [0.25, 0.3) is 22.8 Å². The van der Waals surface area contributed by atoms with Crippen molar-refractivity contribution in [1.82, 2.24) is 15.1 Å². The maximum absolute atomic E-state index is 11.2. The van der Waals surface area contributed by atoms with Crippen molar-refractivity contribution in [3.05, 3.63) is 47.3 Å². The molecule has 3 aromatic rings. The fourth-order valence-electron chi connectivity index (χ4n) is 2.25. The number of aromatic amines is 1. The maximum atomic E-state index is 11.2. The van der Waals surface area contributed by atoms with E-state index in [1.807, 2.05) is 44.2 Å². The Labute approximate surface area is 115 Å². The largest absolute Gasteiger partial charge is 0.361 e. The van der Waals surface area contributed by atoms with Crippen LogP contribution in [0.5, 0.6) is 0 Å². The molecular weight excluding hydrogens is 254 g/mol. The van der Waals surface area contributed by atoms with E-state index in [-0.39, 0.29) is 0 Å². The third kappa shape index (κ3) is 1.93. The van der Waals surface area contributed by atoms with Gasteiger partial charge in [-0.05, 0) is 13.8 Å². The van der Waals surface area contributed by atoms with Crippen molar-refractivity contribution in [2.24, 2.45) is 0 Å². The molecular formula is C15H13N3O2. The van der Waals surface area contributed by atoms with Crippen LogP contribution in [0.1, 0.15) is 21.7 Å². The summed E-state index contributed by atoms with van der Waals surface area (Å²) in [5, 5.41) is 3.97. The lowest BCUT2D eigenvalue weighted by Crippen LogP contribution is -1.86. The van der Waals surface area contributed by atoms with Crippen LogP contribution in [-0.2, 0) is 0 Å². The SMILES string of the molecule is Cc1[nH]c(C)c(-c2nc(-c3ccccc3)no2)c1C=O. The summed E-state index contributed by atoms with van der Waals surface area (Å²) in [6.45, 7) is 3.72. The monoisotopic (exact) mass is 267 g/mol. The minimum atomic E-state index is 0.354. The van der Waals surface area contributed by atoms with E-state index in [4.69, 9.17) is 4.52 Å². The van der Waals surface area contributed by atoms with Gasteiger partial charge in [-0.1, -0.05) is 35.5 Å². The van der Waals surface area contributed by atoms with Gasteiger partial charge in [0.2, 0.25) is 5.82 Å². The summed E-state index contributed by atoms with van der Waals surface area (Å²) < 4.78 is 5.30. The van der Waals surface area contributed by atoms with Crippen molar-refractivity contribution in [2.75, 3.05) is 0 Å². The molecule has 100 valence electrons. The normalized spacial score (nSPS) is 10.7. The summed E-state index contributed by atoms with van der Waals surface area (Å²) in [6, 6.07) is 9.56. The molecule has 0 saturated heterocycles. The molecule has 5 heteroatoms. The molecule has 2 aromatic heterocycles. The first-order valence-corrected chi connectivity index (χ1v) is 6.24. The molecule has 0 amide bonds. The highest BCUT2D eigenvalue weighted by Crippen LogP contribution is 2.29. The molecule has 20 heavy (non-hydrogen) atoms. The molecule has 0 aliphatic heterocycles. The average molecular weight is 267 g/mol. The third-order valence-electron chi connectivity index (χ3n) is 3.21. The summed E-state index contributed by atoms with van der Waals surface area (Å²) in [5.41, 5.74) is 3.75. The molecule has 2 heterocycles. The molecule has 0 atom stereocenters. The molecule has 0 aliphatic carbocycles. The summed E-state index contributed by atoms with van der Waals surface area (Å²) in [6.07, 6.45) is 0.806. The molecule has 0 spiro atoms. The molecule has 0 bridgehead atoms. The fraction of sp³-hybridized carbons (Fsp3) is 0.133. The topological polar surface area (TPSA) is 71.8 Å². The van der Waals surface area contributed by atoms with Gasteiger partial charge in [-0.2, -0.15) is 4.98 Å². The Balaban J connectivity index is 2.09. The highest BCUT2D eigenvalue weighted by atomic mass is 16.5. The summed E-state index contributed by atoms with van der Waals surface area (Å²) in [4.78, 5) is 18.7. The van der Waals surface area contributed by atoms with Crippen molar-refractivity contribution in [1.29, 1.82) is 0 Å². The Bertz CT molecular complexity index is 757. The Kier molecular flexibility index (Phi) is 2.95. The molecule has 0 saturated carbocycles. The van der Waals surface area contributed by atoms with Gasteiger partial charge in [-0.15, -0.1) is 0 Å². The zero-order valence-corrected chi connectivity index (χ0v) is 11.2. The smallest absolute Gasteiger partial charge is 0.260 e. The number of aryl methyl sites for hydroxylation is 2. The molecule has 1 aromatic carbocycles. The van der Waals surface area contributed by atoms with Gasteiger partial charge in [0.05, 0.1) is 5.56 Å². The number of carbonyl (C=O) groups excluding carboxylic acids is 1. The zero-order chi connectivity index (χ0) is 14.1. The van der Waals surface area contributed by atoms with E-state index in [1.165, 1.54) is 0 Å². The lowest BCUT2D eigenvalue weighted by atomic mass is 10.1. The Morgan fingerprint density at radius 2 is 1.90 bits per heavy atom. The molecule has 0 fully saturated rings. The minimum absolute atomic E-state index is 0.354. The van der Waals surface area contributed by atoms with E-state index >= 15 is 0 Å².